The van der Waals surface area contributed by atoms with Gasteiger partial charge in [-0.25, -0.2) is 4.39 Å². The van der Waals surface area contributed by atoms with E-state index in [0.717, 1.165) is 32.4 Å². The standard InChI is InChI=1S/C18H25FN2O3/c19-14-4-1-2-7-17(14)24-13-8-18(23)21-11-9-20(10-12-21)15-5-3-6-16(15)22/h1-2,4,7,15-16,22H,3,5-6,8-13H2/t15-,16-/m1/s1. The number of hydrogen-bond acceptors (Lipinski definition) is 4. The minimum Gasteiger partial charge on any atom is -0.490 e. The Morgan fingerprint density at radius 3 is 2.62 bits per heavy atom. The van der Waals surface area contributed by atoms with Crippen molar-refractivity contribution in [3.05, 3.63) is 30.1 Å². The number of aliphatic hydroxyl groups is 1. The maximum absolute atomic E-state index is 13.4. The fraction of sp³-hybridized carbons (Fsp3) is 0.611. The lowest BCUT2D eigenvalue weighted by Gasteiger charge is -2.39. The summed E-state index contributed by atoms with van der Waals surface area (Å²) in [5.74, 6) is -0.183. The van der Waals surface area contributed by atoms with Gasteiger partial charge in [0.2, 0.25) is 5.91 Å². The number of piperazine rings is 1. The number of para-hydroxylation sites is 1. The number of amides is 1. The van der Waals surface area contributed by atoms with E-state index in [2.05, 4.69) is 4.90 Å². The van der Waals surface area contributed by atoms with E-state index >= 15 is 0 Å². The predicted octanol–water partition coefficient (Wildman–Crippen LogP) is 1.65. The van der Waals surface area contributed by atoms with Gasteiger partial charge in [-0.3, -0.25) is 9.69 Å². The van der Waals surface area contributed by atoms with Crippen molar-refractivity contribution in [2.75, 3.05) is 32.8 Å². The normalized spacial score (nSPS) is 25.0. The first-order valence-electron chi connectivity index (χ1n) is 8.72. The topological polar surface area (TPSA) is 53.0 Å². The number of aliphatic hydroxyl groups excluding tert-OH is 1. The van der Waals surface area contributed by atoms with Crippen LogP contribution in [-0.2, 0) is 4.79 Å². The number of ether oxygens (including phenoxy) is 1. The number of nitrogens with zero attached hydrogens (tertiary/aromatic N) is 2. The van der Waals surface area contributed by atoms with E-state index in [0.29, 0.717) is 13.1 Å². The number of benzene rings is 1. The highest BCUT2D eigenvalue weighted by Gasteiger charge is 2.33. The molecule has 6 heteroatoms. The zero-order valence-electron chi connectivity index (χ0n) is 13.9. The third-order valence-electron chi connectivity index (χ3n) is 4.99. The minimum absolute atomic E-state index is 0.0398. The molecular weight excluding hydrogens is 311 g/mol. The van der Waals surface area contributed by atoms with Crippen LogP contribution in [0, 0.1) is 5.82 Å². The van der Waals surface area contributed by atoms with E-state index in [-0.39, 0.29) is 36.8 Å². The summed E-state index contributed by atoms with van der Waals surface area (Å²) in [4.78, 5) is 16.4. The molecule has 0 unspecified atom stereocenters. The van der Waals surface area contributed by atoms with Gasteiger partial charge in [0.05, 0.1) is 19.1 Å². The van der Waals surface area contributed by atoms with Crippen LogP contribution >= 0.6 is 0 Å². The first-order valence-corrected chi connectivity index (χ1v) is 8.72. The third kappa shape index (κ3) is 4.05. The molecule has 1 saturated carbocycles. The van der Waals surface area contributed by atoms with Crippen molar-refractivity contribution in [2.24, 2.45) is 0 Å². The van der Waals surface area contributed by atoms with E-state index in [9.17, 15) is 14.3 Å². The zero-order chi connectivity index (χ0) is 16.9. The second-order valence-corrected chi connectivity index (χ2v) is 6.51. The van der Waals surface area contributed by atoms with Crippen LogP contribution < -0.4 is 4.74 Å². The Bertz CT molecular complexity index is 561. The van der Waals surface area contributed by atoms with Crippen molar-refractivity contribution in [3.63, 3.8) is 0 Å². The molecule has 1 aromatic rings. The van der Waals surface area contributed by atoms with Crippen molar-refractivity contribution in [2.45, 2.75) is 37.8 Å². The Hall–Kier alpha value is -1.66. The van der Waals surface area contributed by atoms with Gasteiger partial charge in [0, 0.05) is 32.2 Å². The van der Waals surface area contributed by atoms with Crippen LogP contribution in [0.4, 0.5) is 4.39 Å². The molecule has 1 heterocycles. The second kappa shape index (κ2) is 7.94. The van der Waals surface area contributed by atoms with Crippen LogP contribution in [0.15, 0.2) is 24.3 Å². The first-order chi connectivity index (χ1) is 11.6. The van der Waals surface area contributed by atoms with Crippen LogP contribution in [0.25, 0.3) is 0 Å². The van der Waals surface area contributed by atoms with E-state index in [1.54, 1.807) is 18.2 Å². The number of halogens is 1. The lowest BCUT2D eigenvalue weighted by Crippen LogP contribution is -2.53. The van der Waals surface area contributed by atoms with E-state index in [1.165, 1.54) is 6.07 Å². The molecule has 1 N–H and O–H groups in total. The fourth-order valence-electron chi connectivity index (χ4n) is 3.62. The van der Waals surface area contributed by atoms with Crippen molar-refractivity contribution in [3.8, 4) is 5.75 Å². The maximum Gasteiger partial charge on any atom is 0.226 e. The van der Waals surface area contributed by atoms with Crippen molar-refractivity contribution in [1.82, 2.24) is 9.80 Å². The number of hydrogen-bond donors (Lipinski definition) is 1. The van der Waals surface area contributed by atoms with Gasteiger partial charge in [-0.05, 0) is 31.4 Å². The summed E-state index contributed by atoms with van der Waals surface area (Å²) in [6, 6.07) is 6.47. The Balaban J connectivity index is 1.40. The Morgan fingerprint density at radius 2 is 1.96 bits per heavy atom. The fourth-order valence-corrected chi connectivity index (χ4v) is 3.62. The number of carbonyl (C=O) groups is 1. The summed E-state index contributed by atoms with van der Waals surface area (Å²) < 4.78 is 18.8. The molecule has 0 aromatic heterocycles. The lowest BCUT2D eigenvalue weighted by molar-refractivity contribution is -0.134. The quantitative estimate of drug-likeness (QED) is 0.888. The average Bonchev–Trinajstić information content (AvgIpc) is 3.03. The second-order valence-electron chi connectivity index (χ2n) is 6.51. The highest BCUT2D eigenvalue weighted by molar-refractivity contribution is 5.76. The summed E-state index contributed by atoms with van der Waals surface area (Å²) in [6.45, 7) is 3.16. The number of rotatable bonds is 5. The maximum atomic E-state index is 13.4. The molecule has 2 atom stereocenters. The monoisotopic (exact) mass is 336 g/mol. The molecular formula is C18H25FN2O3. The Morgan fingerprint density at radius 1 is 1.21 bits per heavy atom. The largest absolute Gasteiger partial charge is 0.490 e. The molecule has 3 rings (SSSR count). The molecule has 5 nitrogen and oxygen atoms in total. The third-order valence-corrected chi connectivity index (χ3v) is 4.99. The molecule has 0 bridgehead atoms. The predicted molar refractivity (Wildman–Crippen MR) is 88.3 cm³/mol. The van der Waals surface area contributed by atoms with E-state index in [4.69, 9.17) is 4.74 Å². The van der Waals surface area contributed by atoms with Crippen LogP contribution in [-0.4, -0.2) is 65.7 Å². The van der Waals surface area contributed by atoms with Crippen LogP contribution in [0.5, 0.6) is 5.75 Å². The first kappa shape index (κ1) is 17.2. The summed E-state index contributed by atoms with van der Waals surface area (Å²) in [5, 5.41) is 9.99. The molecule has 132 valence electrons. The highest BCUT2D eigenvalue weighted by atomic mass is 19.1. The lowest BCUT2D eigenvalue weighted by atomic mass is 10.1. The molecule has 0 spiro atoms. The molecule has 2 fully saturated rings. The Kier molecular flexibility index (Phi) is 5.68. The summed E-state index contributed by atoms with van der Waals surface area (Å²) in [6.07, 6.45) is 3.04. The van der Waals surface area contributed by atoms with E-state index < -0.39 is 5.82 Å². The average molecular weight is 336 g/mol. The molecule has 1 aromatic carbocycles. The zero-order valence-corrected chi connectivity index (χ0v) is 13.9. The van der Waals surface area contributed by atoms with Crippen LogP contribution in [0.1, 0.15) is 25.7 Å². The molecule has 2 aliphatic rings. The van der Waals surface area contributed by atoms with Crippen LogP contribution in [0.3, 0.4) is 0 Å². The minimum atomic E-state index is -0.409. The van der Waals surface area contributed by atoms with Crippen molar-refractivity contribution in [1.29, 1.82) is 0 Å². The summed E-state index contributed by atoms with van der Waals surface area (Å²) in [5.41, 5.74) is 0. The van der Waals surface area contributed by atoms with Gasteiger partial charge >= 0.3 is 0 Å². The van der Waals surface area contributed by atoms with Crippen molar-refractivity contribution >= 4 is 5.91 Å². The molecule has 0 radical (unpaired) electrons. The smallest absolute Gasteiger partial charge is 0.226 e. The molecule has 24 heavy (non-hydrogen) atoms. The van der Waals surface area contributed by atoms with Gasteiger partial charge in [-0.2, -0.15) is 0 Å². The van der Waals surface area contributed by atoms with Gasteiger partial charge in [0.25, 0.3) is 0 Å². The van der Waals surface area contributed by atoms with Gasteiger partial charge < -0.3 is 14.7 Å². The van der Waals surface area contributed by atoms with Gasteiger partial charge in [0.1, 0.15) is 0 Å². The molecule has 1 saturated heterocycles. The van der Waals surface area contributed by atoms with Gasteiger partial charge in [-0.15, -0.1) is 0 Å². The molecule has 1 aliphatic carbocycles. The highest BCUT2D eigenvalue weighted by Crippen LogP contribution is 2.25. The summed E-state index contributed by atoms with van der Waals surface area (Å²) >= 11 is 0. The van der Waals surface area contributed by atoms with Crippen LogP contribution in [0.2, 0.25) is 0 Å². The van der Waals surface area contributed by atoms with Crippen molar-refractivity contribution < 1.29 is 19.0 Å². The summed E-state index contributed by atoms with van der Waals surface area (Å²) in [7, 11) is 0. The number of carbonyl (C=O) groups excluding carboxylic acids is 1. The van der Waals surface area contributed by atoms with Gasteiger partial charge in [0.15, 0.2) is 11.6 Å². The SMILES string of the molecule is O=C(CCOc1ccccc1F)N1CCN([C@@H]2CCC[C@H]2O)CC1. The van der Waals surface area contributed by atoms with E-state index in [1.807, 2.05) is 4.90 Å². The van der Waals surface area contributed by atoms with Gasteiger partial charge in [-0.1, -0.05) is 12.1 Å². The Labute approximate surface area is 142 Å². The molecule has 1 amide bonds. The molecule has 1 aliphatic heterocycles.